The molecule has 1 fully saturated rings. The lowest BCUT2D eigenvalue weighted by Gasteiger charge is -2.13. The maximum Gasteiger partial charge on any atom is 0.293 e. The standard InChI is InChI=1S/C24H16BrI2NO3S/c25-18-9-5-4-8-17(18)13-28-23(29)21(32-24(28)30)12-16-10-19(26)22(20(27)11-16)31-14-15-6-2-1-3-7-15/h1-12H,13-14H2/b21-12-. The molecule has 4 rings (SSSR count). The number of nitrogens with zero attached hydrogens (tertiary/aromatic N) is 1. The minimum absolute atomic E-state index is 0.241. The zero-order valence-corrected chi connectivity index (χ0v) is 23.3. The molecule has 1 aliphatic heterocycles. The second kappa shape index (κ2) is 10.7. The van der Waals surface area contributed by atoms with Crippen LogP contribution in [0.2, 0.25) is 0 Å². The van der Waals surface area contributed by atoms with E-state index in [1.807, 2.05) is 66.7 Å². The first kappa shape index (κ1) is 23.8. The highest BCUT2D eigenvalue weighted by molar-refractivity contribution is 14.1. The summed E-state index contributed by atoms with van der Waals surface area (Å²) in [4.78, 5) is 27.1. The first-order valence-corrected chi connectivity index (χ1v) is 13.3. The summed E-state index contributed by atoms with van der Waals surface area (Å²) in [6.45, 7) is 0.727. The number of hydrogen-bond donors (Lipinski definition) is 0. The Kier molecular flexibility index (Phi) is 7.95. The topological polar surface area (TPSA) is 46.6 Å². The SMILES string of the molecule is O=C1S/C(=C\c2cc(I)c(OCc3ccccc3)c(I)c2)C(=O)N1Cc1ccccc1Br. The molecule has 2 amide bonds. The highest BCUT2D eigenvalue weighted by Gasteiger charge is 2.35. The molecule has 0 saturated carbocycles. The van der Waals surface area contributed by atoms with Gasteiger partial charge in [0.25, 0.3) is 11.1 Å². The number of carbonyl (C=O) groups is 2. The summed E-state index contributed by atoms with van der Waals surface area (Å²) in [5, 5.41) is -0.260. The lowest BCUT2D eigenvalue weighted by Crippen LogP contribution is -2.27. The van der Waals surface area contributed by atoms with E-state index in [1.54, 1.807) is 6.08 Å². The van der Waals surface area contributed by atoms with Crippen molar-refractivity contribution in [3.05, 3.63) is 99.9 Å². The van der Waals surface area contributed by atoms with Gasteiger partial charge in [-0.1, -0.05) is 64.5 Å². The monoisotopic (exact) mass is 731 g/mol. The van der Waals surface area contributed by atoms with Crippen molar-refractivity contribution in [3.8, 4) is 5.75 Å². The fourth-order valence-electron chi connectivity index (χ4n) is 3.12. The van der Waals surface area contributed by atoms with Crippen LogP contribution in [0.15, 0.2) is 76.1 Å². The Morgan fingerprint density at radius 2 is 1.62 bits per heavy atom. The van der Waals surface area contributed by atoms with Gasteiger partial charge in [-0.2, -0.15) is 0 Å². The molecule has 4 nitrogen and oxygen atoms in total. The third kappa shape index (κ3) is 5.57. The molecule has 0 aliphatic carbocycles. The van der Waals surface area contributed by atoms with E-state index in [0.717, 1.165) is 45.8 Å². The number of hydrogen-bond acceptors (Lipinski definition) is 4. The molecule has 3 aromatic carbocycles. The van der Waals surface area contributed by atoms with E-state index < -0.39 is 0 Å². The maximum absolute atomic E-state index is 12.9. The third-order valence-corrected chi connectivity index (χ3v) is 7.99. The molecule has 8 heteroatoms. The van der Waals surface area contributed by atoms with Crippen molar-refractivity contribution < 1.29 is 14.3 Å². The van der Waals surface area contributed by atoms with E-state index in [2.05, 4.69) is 61.1 Å². The molecule has 162 valence electrons. The second-order valence-electron chi connectivity index (χ2n) is 6.95. The van der Waals surface area contributed by atoms with Gasteiger partial charge in [0.2, 0.25) is 0 Å². The molecule has 0 aromatic heterocycles. The van der Waals surface area contributed by atoms with Gasteiger partial charge in [0.1, 0.15) is 12.4 Å². The predicted molar refractivity (Wildman–Crippen MR) is 148 cm³/mol. The lowest BCUT2D eigenvalue weighted by molar-refractivity contribution is -0.123. The number of ether oxygens (including phenoxy) is 1. The number of carbonyl (C=O) groups excluding carboxylic acids is 2. The van der Waals surface area contributed by atoms with Crippen LogP contribution in [-0.2, 0) is 17.9 Å². The second-order valence-corrected chi connectivity index (χ2v) is 11.1. The van der Waals surface area contributed by atoms with Crippen molar-refractivity contribution in [2.75, 3.05) is 0 Å². The average molecular weight is 732 g/mol. The van der Waals surface area contributed by atoms with Crippen LogP contribution in [-0.4, -0.2) is 16.0 Å². The van der Waals surface area contributed by atoms with Crippen LogP contribution in [0.25, 0.3) is 6.08 Å². The minimum atomic E-state index is -0.273. The Labute approximate surface area is 226 Å². The Bertz CT molecular complexity index is 1190. The van der Waals surface area contributed by atoms with Gasteiger partial charge in [-0.25, -0.2) is 0 Å². The van der Waals surface area contributed by atoms with E-state index in [4.69, 9.17) is 4.74 Å². The molecule has 0 bridgehead atoms. The van der Waals surface area contributed by atoms with Gasteiger partial charge < -0.3 is 4.74 Å². The van der Waals surface area contributed by atoms with Gasteiger partial charge in [0, 0.05) is 4.47 Å². The first-order chi connectivity index (χ1) is 15.4. The third-order valence-electron chi connectivity index (χ3n) is 4.70. The van der Waals surface area contributed by atoms with Crippen molar-refractivity contribution in [1.82, 2.24) is 4.90 Å². The molecular formula is C24H16BrI2NO3S. The summed E-state index contributed by atoms with van der Waals surface area (Å²) in [6.07, 6.45) is 1.77. The molecule has 3 aromatic rings. The van der Waals surface area contributed by atoms with Gasteiger partial charge in [0.15, 0.2) is 0 Å². The fourth-order valence-corrected chi connectivity index (χ4v) is 6.49. The van der Waals surface area contributed by atoms with Crippen molar-refractivity contribution >= 4 is 90.1 Å². The van der Waals surface area contributed by atoms with E-state index in [1.165, 1.54) is 4.90 Å². The van der Waals surface area contributed by atoms with E-state index in [9.17, 15) is 9.59 Å². The van der Waals surface area contributed by atoms with Crippen LogP contribution in [0.3, 0.4) is 0 Å². The summed E-state index contributed by atoms with van der Waals surface area (Å²) in [7, 11) is 0. The molecule has 0 N–H and O–H groups in total. The van der Waals surface area contributed by atoms with Gasteiger partial charge in [-0.15, -0.1) is 0 Å². The lowest BCUT2D eigenvalue weighted by atomic mass is 10.2. The van der Waals surface area contributed by atoms with Crippen LogP contribution in [0.1, 0.15) is 16.7 Å². The summed E-state index contributed by atoms with van der Waals surface area (Å²) < 4.78 is 8.81. The Morgan fingerprint density at radius 3 is 2.31 bits per heavy atom. The van der Waals surface area contributed by atoms with Crippen LogP contribution in [0.5, 0.6) is 5.75 Å². The van der Waals surface area contributed by atoms with E-state index in [0.29, 0.717) is 11.5 Å². The van der Waals surface area contributed by atoms with Crippen molar-refractivity contribution in [2.45, 2.75) is 13.2 Å². The molecule has 1 aliphatic rings. The predicted octanol–water partition coefficient (Wildman–Crippen LogP) is 7.47. The summed E-state index contributed by atoms with van der Waals surface area (Å²) in [5.41, 5.74) is 2.85. The highest BCUT2D eigenvalue weighted by Crippen LogP contribution is 2.36. The van der Waals surface area contributed by atoms with Crippen LogP contribution < -0.4 is 4.74 Å². The van der Waals surface area contributed by atoms with Gasteiger partial charge in [0.05, 0.1) is 18.6 Å². The minimum Gasteiger partial charge on any atom is -0.487 e. The number of thioether (sulfide) groups is 1. The Hall–Kier alpha value is -1.37. The smallest absolute Gasteiger partial charge is 0.293 e. The fraction of sp³-hybridized carbons (Fsp3) is 0.0833. The van der Waals surface area contributed by atoms with E-state index >= 15 is 0 Å². The number of benzene rings is 3. The molecule has 1 saturated heterocycles. The van der Waals surface area contributed by atoms with Gasteiger partial charge >= 0.3 is 0 Å². The number of imide groups is 1. The summed E-state index contributed by atoms with van der Waals surface area (Å²) >= 11 is 8.93. The zero-order chi connectivity index (χ0) is 22.7. The highest BCUT2D eigenvalue weighted by atomic mass is 127. The molecule has 0 radical (unpaired) electrons. The van der Waals surface area contributed by atoms with Crippen molar-refractivity contribution in [1.29, 1.82) is 0 Å². The molecular weight excluding hydrogens is 716 g/mol. The number of amides is 2. The zero-order valence-electron chi connectivity index (χ0n) is 16.6. The molecule has 1 heterocycles. The van der Waals surface area contributed by atoms with Crippen molar-refractivity contribution in [2.24, 2.45) is 0 Å². The first-order valence-electron chi connectivity index (χ1n) is 9.57. The van der Waals surface area contributed by atoms with Crippen LogP contribution in [0, 0.1) is 7.14 Å². The van der Waals surface area contributed by atoms with E-state index in [-0.39, 0.29) is 17.7 Å². The Balaban J connectivity index is 1.51. The van der Waals surface area contributed by atoms with Gasteiger partial charge in [-0.3, -0.25) is 14.5 Å². The van der Waals surface area contributed by atoms with Gasteiger partial charge in [-0.05, 0) is 97.9 Å². The Morgan fingerprint density at radius 1 is 0.969 bits per heavy atom. The number of halogens is 3. The van der Waals surface area contributed by atoms with Crippen LogP contribution >= 0.6 is 72.9 Å². The molecule has 0 unspecified atom stereocenters. The van der Waals surface area contributed by atoms with Crippen LogP contribution in [0.4, 0.5) is 4.79 Å². The summed E-state index contributed by atoms with van der Waals surface area (Å²) in [5.74, 6) is 0.541. The normalized spacial score (nSPS) is 15.0. The number of rotatable bonds is 6. The largest absolute Gasteiger partial charge is 0.487 e. The molecule has 0 atom stereocenters. The average Bonchev–Trinajstić information content (AvgIpc) is 3.02. The van der Waals surface area contributed by atoms with Crippen molar-refractivity contribution in [3.63, 3.8) is 0 Å². The molecule has 0 spiro atoms. The summed E-state index contributed by atoms with van der Waals surface area (Å²) in [6, 6.07) is 21.5. The maximum atomic E-state index is 12.9. The molecule has 32 heavy (non-hydrogen) atoms. The quantitative estimate of drug-likeness (QED) is 0.195.